The summed E-state index contributed by atoms with van der Waals surface area (Å²) in [5.74, 6) is -0.372. The molecule has 0 aliphatic carbocycles. The van der Waals surface area contributed by atoms with E-state index in [9.17, 15) is 4.79 Å². The van der Waals surface area contributed by atoms with Gasteiger partial charge in [-0.3, -0.25) is 9.78 Å². The number of aromatic nitrogens is 2. The molecule has 4 nitrogen and oxygen atoms in total. The van der Waals surface area contributed by atoms with Crippen molar-refractivity contribution in [1.29, 1.82) is 0 Å². The van der Waals surface area contributed by atoms with Crippen LogP contribution in [-0.4, -0.2) is 15.5 Å². The highest BCUT2D eigenvalue weighted by Gasteiger charge is 2.24. The zero-order chi connectivity index (χ0) is 19.2. The van der Waals surface area contributed by atoms with Gasteiger partial charge in [0.05, 0.1) is 17.8 Å². The first-order valence-electron chi connectivity index (χ1n) is 9.60. The molecule has 0 unspecified atom stereocenters. The van der Waals surface area contributed by atoms with Crippen LogP contribution in [0.4, 0.5) is 0 Å². The lowest BCUT2D eigenvalue weighted by Gasteiger charge is -2.13. The van der Waals surface area contributed by atoms with Crippen LogP contribution in [0.5, 0.6) is 0 Å². The van der Waals surface area contributed by atoms with Gasteiger partial charge in [0.1, 0.15) is 0 Å². The number of hydrogen-bond donors (Lipinski definition) is 1. The van der Waals surface area contributed by atoms with Crippen LogP contribution in [0.25, 0.3) is 11.1 Å². The smallest absolute Gasteiger partial charge is 0.251 e. The van der Waals surface area contributed by atoms with Gasteiger partial charge in [-0.05, 0) is 37.5 Å². The third kappa shape index (κ3) is 4.11. The average molecular weight is 361 g/mol. The molecule has 1 amide bonds. The maximum Gasteiger partial charge on any atom is 0.251 e. The predicted molar refractivity (Wildman–Crippen MR) is 110 cm³/mol. The largest absolute Gasteiger partial charge is 0.366 e. The van der Waals surface area contributed by atoms with E-state index in [0.29, 0.717) is 12.1 Å². The highest BCUT2D eigenvalue weighted by molar-refractivity contribution is 6.02. The summed E-state index contributed by atoms with van der Waals surface area (Å²) in [4.78, 5) is 16.8. The van der Waals surface area contributed by atoms with E-state index in [1.807, 2.05) is 43.3 Å². The van der Waals surface area contributed by atoms with Gasteiger partial charge >= 0.3 is 0 Å². The monoisotopic (exact) mass is 361 g/mol. The van der Waals surface area contributed by atoms with Gasteiger partial charge in [0, 0.05) is 23.1 Å². The van der Waals surface area contributed by atoms with Crippen LogP contribution < -0.4 is 5.73 Å². The number of hydrogen-bond acceptors (Lipinski definition) is 2. The number of rotatable bonds is 8. The summed E-state index contributed by atoms with van der Waals surface area (Å²) < 4.78 is 2.22. The molecule has 0 saturated heterocycles. The highest BCUT2D eigenvalue weighted by atomic mass is 16.1. The van der Waals surface area contributed by atoms with Gasteiger partial charge in [-0.25, -0.2) is 0 Å². The fourth-order valence-corrected chi connectivity index (χ4v) is 3.68. The van der Waals surface area contributed by atoms with Crippen molar-refractivity contribution in [3.8, 4) is 11.1 Å². The molecule has 2 aromatic heterocycles. The molecule has 0 atom stereocenters. The lowest BCUT2D eigenvalue weighted by Crippen LogP contribution is -2.13. The maximum atomic E-state index is 12.4. The number of carbonyl (C=O) groups excluding carboxylic acids is 1. The Labute approximate surface area is 161 Å². The van der Waals surface area contributed by atoms with Crippen molar-refractivity contribution < 1.29 is 4.79 Å². The number of nitrogens with two attached hydrogens (primary N) is 1. The average Bonchev–Trinajstić information content (AvgIpc) is 2.96. The number of carbonyl (C=O) groups is 1. The third-order valence-corrected chi connectivity index (χ3v) is 5.00. The van der Waals surface area contributed by atoms with Gasteiger partial charge in [-0.2, -0.15) is 0 Å². The van der Waals surface area contributed by atoms with Crippen molar-refractivity contribution in [2.24, 2.45) is 5.73 Å². The minimum Gasteiger partial charge on any atom is -0.366 e. The zero-order valence-electron chi connectivity index (χ0n) is 16.1. The summed E-state index contributed by atoms with van der Waals surface area (Å²) in [6, 6.07) is 16.0. The normalized spacial score (nSPS) is 10.9. The van der Waals surface area contributed by atoms with E-state index < -0.39 is 0 Å². The molecule has 3 aromatic rings. The van der Waals surface area contributed by atoms with Gasteiger partial charge in [0.25, 0.3) is 5.91 Å². The third-order valence-electron chi connectivity index (χ3n) is 5.00. The van der Waals surface area contributed by atoms with Crippen LogP contribution in [0.15, 0.2) is 54.7 Å². The zero-order valence-corrected chi connectivity index (χ0v) is 16.1. The number of unbranched alkanes of at least 4 members (excludes halogenated alkanes) is 2. The molecular weight excluding hydrogens is 334 g/mol. The number of amides is 1. The summed E-state index contributed by atoms with van der Waals surface area (Å²) >= 11 is 0. The molecule has 0 radical (unpaired) electrons. The van der Waals surface area contributed by atoms with Crippen LogP contribution in [0, 0.1) is 6.92 Å². The van der Waals surface area contributed by atoms with Crippen LogP contribution in [0.2, 0.25) is 0 Å². The number of benzene rings is 1. The van der Waals surface area contributed by atoms with E-state index >= 15 is 0 Å². The van der Waals surface area contributed by atoms with Gasteiger partial charge in [0.2, 0.25) is 0 Å². The van der Waals surface area contributed by atoms with Crippen molar-refractivity contribution in [1.82, 2.24) is 9.55 Å². The minimum absolute atomic E-state index is 0.372. The van der Waals surface area contributed by atoms with Gasteiger partial charge in [-0.1, -0.05) is 56.2 Å². The Balaban J connectivity index is 2.17. The lowest BCUT2D eigenvalue weighted by molar-refractivity contribution is 0.1000. The maximum absolute atomic E-state index is 12.4. The van der Waals surface area contributed by atoms with Crippen LogP contribution in [0.1, 0.15) is 53.6 Å². The quantitative estimate of drug-likeness (QED) is 0.589. The number of pyridine rings is 1. The van der Waals surface area contributed by atoms with Crippen molar-refractivity contribution in [3.63, 3.8) is 0 Å². The standard InChI is InChI=1S/C23H27N3O/c1-3-4-6-14-20-22(18-11-7-5-8-12-18)21(23(24)27)17(2)26(20)16-19-13-9-10-15-25-19/h5,7-13,15H,3-4,6,14,16H2,1-2H3,(H2,24,27). The molecule has 0 aliphatic heterocycles. The molecule has 0 bridgehead atoms. The topological polar surface area (TPSA) is 60.9 Å². The Hall–Kier alpha value is -2.88. The van der Waals surface area contributed by atoms with Crippen LogP contribution >= 0.6 is 0 Å². The molecule has 27 heavy (non-hydrogen) atoms. The lowest BCUT2D eigenvalue weighted by atomic mass is 9.97. The molecule has 0 aliphatic rings. The first kappa shape index (κ1) is 18.9. The van der Waals surface area contributed by atoms with Crippen LogP contribution in [0.3, 0.4) is 0 Å². The van der Waals surface area contributed by atoms with E-state index in [4.69, 9.17) is 5.73 Å². The van der Waals surface area contributed by atoms with Crippen LogP contribution in [-0.2, 0) is 13.0 Å². The minimum atomic E-state index is -0.372. The first-order valence-corrected chi connectivity index (χ1v) is 9.60. The van der Waals surface area contributed by atoms with E-state index in [0.717, 1.165) is 48.2 Å². The summed E-state index contributed by atoms with van der Waals surface area (Å²) in [5.41, 5.74) is 11.5. The second-order valence-corrected chi connectivity index (χ2v) is 6.88. The summed E-state index contributed by atoms with van der Waals surface area (Å²) in [6.07, 6.45) is 6.12. The summed E-state index contributed by atoms with van der Waals surface area (Å²) in [6.45, 7) is 4.82. The van der Waals surface area contributed by atoms with Crippen molar-refractivity contribution >= 4 is 5.91 Å². The molecule has 0 spiro atoms. The SMILES string of the molecule is CCCCCc1c(-c2ccccc2)c(C(N)=O)c(C)n1Cc1ccccn1. The molecule has 4 heteroatoms. The second kappa shape index (κ2) is 8.67. The molecule has 3 rings (SSSR count). The van der Waals surface area contributed by atoms with E-state index in [1.165, 1.54) is 5.69 Å². The van der Waals surface area contributed by atoms with Crippen molar-refractivity contribution in [2.75, 3.05) is 0 Å². The van der Waals surface area contributed by atoms with E-state index in [2.05, 4.69) is 28.6 Å². The van der Waals surface area contributed by atoms with Gasteiger partial charge in [0.15, 0.2) is 0 Å². The van der Waals surface area contributed by atoms with Gasteiger partial charge in [-0.15, -0.1) is 0 Å². The fraction of sp³-hybridized carbons (Fsp3) is 0.304. The van der Waals surface area contributed by atoms with Crippen molar-refractivity contribution in [3.05, 3.63) is 77.4 Å². The second-order valence-electron chi connectivity index (χ2n) is 6.88. The Morgan fingerprint density at radius 1 is 1.07 bits per heavy atom. The molecule has 0 fully saturated rings. The Morgan fingerprint density at radius 2 is 1.81 bits per heavy atom. The Kier molecular flexibility index (Phi) is 6.07. The van der Waals surface area contributed by atoms with E-state index in [-0.39, 0.29) is 5.91 Å². The Bertz CT molecular complexity index is 898. The highest BCUT2D eigenvalue weighted by Crippen LogP contribution is 2.34. The number of nitrogens with zero attached hydrogens (tertiary/aromatic N) is 2. The molecule has 140 valence electrons. The Morgan fingerprint density at radius 3 is 2.44 bits per heavy atom. The molecule has 2 N–H and O–H groups in total. The van der Waals surface area contributed by atoms with Crippen molar-refractivity contribution in [2.45, 2.75) is 46.1 Å². The number of primary amides is 1. The first-order chi connectivity index (χ1) is 13.1. The molecular formula is C23H27N3O. The fourth-order valence-electron chi connectivity index (χ4n) is 3.68. The molecule has 0 saturated carbocycles. The summed E-state index contributed by atoms with van der Waals surface area (Å²) in [7, 11) is 0. The predicted octanol–water partition coefficient (Wildman–Crippen LogP) is 4.74. The summed E-state index contributed by atoms with van der Waals surface area (Å²) in [5, 5.41) is 0. The van der Waals surface area contributed by atoms with E-state index in [1.54, 1.807) is 6.20 Å². The molecule has 1 aromatic carbocycles. The molecule has 2 heterocycles. The van der Waals surface area contributed by atoms with Gasteiger partial charge < -0.3 is 10.3 Å².